The van der Waals surface area contributed by atoms with Crippen LogP contribution in [0.25, 0.3) is 0 Å². The Morgan fingerprint density at radius 1 is 1.14 bits per heavy atom. The lowest BCUT2D eigenvalue weighted by molar-refractivity contribution is -0.136. The Morgan fingerprint density at radius 2 is 1.86 bits per heavy atom. The summed E-state index contributed by atoms with van der Waals surface area (Å²) >= 11 is 1.69. The van der Waals surface area contributed by atoms with Gasteiger partial charge in [0.2, 0.25) is 0 Å². The number of amides is 1. The molecule has 0 aromatic heterocycles. The third kappa shape index (κ3) is 4.63. The van der Waals surface area contributed by atoms with Crippen molar-refractivity contribution in [3.05, 3.63) is 59.7 Å². The Labute approximate surface area is 133 Å². The van der Waals surface area contributed by atoms with Gasteiger partial charge < -0.3 is 10.4 Å². The van der Waals surface area contributed by atoms with Crippen molar-refractivity contribution in [1.82, 2.24) is 0 Å². The highest BCUT2D eigenvalue weighted by molar-refractivity contribution is 7.99. The second-order valence-corrected chi connectivity index (χ2v) is 6.02. The van der Waals surface area contributed by atoms with Crippen molar-refractivity contribution < 1.29 is 14.7 Å². The molecule has 0 saturated heterocycles. The molecule has 0 aliphatic heterocycles. The van der Waals surface area contributed by atoms with Crippen molar-refractivity contribution in [1.29, 1.82) is 0 Å². The van der Waals surface area contributed by atoms with E-state index in [1.165, 1.54) is 0 Å². The Hall–Kier alpha value is -2.27. The van der Waals surface area contributed by atoms with E-state index in [0.29, 0.717) is 16.8 Å². The third-order valence-electron chi connectivity index (χ3n) is 2.97. The number of hydrogen-bond acceptors (Lipinski definition) is 3. The monoisotopic (exact) mass is 315 g/mol. The first-order chi connectivity index (χ1) is 10.6. The van der Waals surface area contributed by atoms with E-state index in [4.69, 9.17) is 5.11 Å². The van der Waals surface area contributed by atoms with Gasteiger partial charge in [0.25, 0.3) is 5.91 Å². The molecule has 0 heterocycles. The maximum Gasteiger partial charge on any atom is 0.307 e. The highest BCUT2D eigenvalue weighted by atomic mass is 32.2. The normalized spacial score (nSPS) is 10.2. The van der Waals surface area contributed by atoms with Crippen molar-refractivity contribution in [2.24, 2.45) is 0 Å². The maximum atomic E-state index is 12.2. The van der Waals surface area contributed by atoms with Gasteiger partial charge in [0.1, 0.15) is 0 Å². The zero-order chi connectivity index (χ0) is 15.9. The minimum Gasteiger partial charge on any atom is -0.481 e. The van der Waals surface area contributed by atoms with E-state index >= 15 is 0 Å². The first kappa shape index (κ1) is 16.1. The molecular formula is C17H17NO3S. The molecule has 0 radical (unpaired) electrons. The van der Waals surface area contributed by atoms with Crippen LogP contribution in [0.1, 0.15) is 22.8 Å². The molecule has 0 saturated carbocycles. The van der Waals surface area contributed by atoms with Gasteiger partial charge in [-0.25, -0.2) is 0 Å². The second-order valence-electron chi connectivity index (χ2n) is 4.68. The van der Waals surface area contributed by atoms with E-state index in [2.05, 4.69) is 12.2 Å². The van der Waals surface area contributed by atoms with Crippen LogP contribution in [0.15, 0.2) is 53.4 Å². The van der Waals surface area contributed by atoms with E-state index in [9.17, 15) is 9.59 Å². The number of hydrogen-bond donors (Lipinski definition) is 2. The van der Waals surface area contributed by atoms with Crippen LogP contribution in [0.2, 0.25) is 0 Å². The zero-order valence-corrected chi connectivity index (χ0v) is 13.0. The van der Waals surface area contributed by atoms with Crippen molar-refractivity contribution in [2.75, 3.05) is 11.1 Å². The van der Waals surface area contributed by atoms with E-state index in [1.54, 1.807) is 42.1 Å². The molecule has 0 aliphatic rings. The van der Waals surface area contributed by atoms with Gasteiger partial charge in [-0.2, -0.15) is 0 Å². The molecule has 5 heteroatoms. The quantitative estimate of drug-likeness (QED) is 0.798. The van der Waals surface area contributed by atoms with Crippen LogP contribution in [-0.4, -0.2) is 22.7 Å². The van der Waals surface area contributed by atoms with Gasteiger partial charge in [0.05, 0.1) is 6.42 Å². The molecule has 0 spiro atoms. The van der Waals surface area contributed by atoms with Crippen molar-refractivity contribution in [3.63, 3.8) is 0 Å². The fourth-order valence-corrected chi connectivity index (χ4v) is 2.70. The maximum absolute atomic E-state index is 12.2. The lowest BCUT2D eigenvalue weighted by Gasteiger charge is -2.07. The predicted molar refractivity (Wildman–Crippen MR) is 88.6 cm³/mol. The average Bonchev–Trinajstić information content (AvgIpc) is 2.49. The predicted octanol–water partition coefficient (Wildman–Crippen LogP) is 3.68. The van der Waals surface area contributed by atoms with Crippen LogP contribution in [-0.2, 0) is 11.2 Å². The number of thioether (sulfide) groups is 1. The first-order valence-electron chi connectivity index (χ1n) is 6.93. The first-order valence-corrected chi connectivity index (χ1v) is 7.92. The highest BCUT2D eigenvalue weighted by Gasteiger charge is 2.07. The number of aliphatic carboxylic acids is 1. The second kappa shape index (κ2) is 7.66. The van der Waals surface area contributed by atoms with Crippen LogP contribution in [0.3, 0.4) is 0 Å². The van der Waals surface area contributed by atoms with Gasteiger partial charge in [0.15, 0.2) is 0 Å². The van der Waals surface area contributed by atoms with E-state index < -0.39 is 5.97 Å². The third-order valence-corrected chi connectivity index (χ3v) is 3.85. The van der Waals surface area contributed by atoms with Crippen LogP contribution >= 0.6 is 11.8 Å². The molecule has 2 N–H and O–H groups in total. The SMILES string of the molecule is CCSc1cccc(C(=O)Nc2ccc(CC(=O)O)cc2)c1. The molecule has 0 aliphatic carbocycles. The summed E-state index contributed by atoms with van der Waals surface area (Å²) in [5.41, 5.74) is 1.95. The molecular weight excluding hydrogens is 298 g/mol. The average molecular weight is 315 g/mol. The molecule has 2 aromatic rings. The van der Waals surface area contributed by atoms with Crippen molar-refractivity contribution in [2.45, 2.75) is 18.2 Å². The summed E-state index contributed by atoms with van der Waals surface area (Å²) in [7, 11) is 0. The number of carboxylic acid groups (broad SMARTS) is 1. The molecule has 0 fully saturated rings. The Kier molecular flexibility index (Phi) is 5.61. The number of carbonyl (C=O) groups is 2. The number of carboxylic acids is 1. The topological polar surface area (TPSA) is 66.4 Å². The Balaban J connectivity index is 2.05. The van der Waals surface area contributed by atoms with Crippen molar-refractivity contribution in [3.8, 4) is 0 Å². The van der Waals surface area contributed by atoms with Crippen LogP contribution in [0, 0.1) is 0 Å². The summed E-state index contributed by atoms with van der Waals surface area (Å²) in [5, 5.41) is 11.5. The zero-order valence-electron chi connectivity index (χ0n) is 12.2. The number of carbonyl (C=O) groups excluding carboxylic acids is 1. The summed E-state index contributed by atoms with van der Waals surface area (Å²) in [6.45, 7) is 2.07. The molecule has 0 atom stereocenters. The smallest absolute Gasteiger partial charge is 0.307 e. The molecule has 0 unspecified atom stereocenters. The lowest BCUT2D eigenvalue weighted by Crippen LogP contribution is -2.12. The van der Waals surface area contributed by atoms with E-state index in [-0.39, 0.29) is 12.3 Å². The molecule has 2 aromatic carbocycles. The standard InChI is InChI=1S/C17H17NO3S/c1-2-22-15-5-3-4-13(11-15)17(21)18-14-8-6-12(7-9-14)10-16(19)20/h3-9,11H,2,10H2,1H3,(H,18,21)(H,19,20). The van der Waals surface area contributed by atoms with Crippen LogP contribution in [0.4, 0.5) is 5.69 Å². The van der Waals surface area contributed by atoms with Gasteiger partial charge in [-0.05, 0) is 41.6 Å². The fourth-order valence-electron chi connectivity index (χ4n) is 1.98. The highest BCUT2D eigenvalue weighted by Crippen LogP contribution is 2.19. The number of nitrogens with one attached hydrogen (secondary N) is 1. The molecule has 2 rings (SSSR count). The molecule has 1 amide bonds. The van der Waals surface area contributed by atoms with Gasteiger partial charge >= 0.3 is 5.97 Å². The number of anilines is 1. The molecule has 0 bridgehead atoms. The summed E-state index contributed by atoms with van der Waals surface area (Å²) in [6.07, 6.45) is -0.0233. The van der Waals surface area contributed by atoms with Crippen LogP contribution in [0.5, 0.6) is 0 Å². The lowest BCUT2D eigenvalue weighted by atomic mass is 10.1. The minimum absolute atomic E-state index is 0.0233. The Bertz CT molecular complexity index is 668. The summed E-state index contributed by atoms with van der Waals surface area (Å²) in [4.78, 5) is 23.9. The number of benzene rings is 2. The van der Waals surface area contributed by atoms with E-state index in [1.807, 2.05) is 18.2 Å². The largest absolute Gasteiger partial charge is 0.481 e. The minimum atomic E-state index is -0.873. The van der Waals surface area contributed by atoms with Gasteiger partial charge in [0, 0.05) is 16.1 Å². The number of rotatable bonds is 6. The summed E-state index contributed by atoms with van der Waals surface area (Å²) in [5.74, 6) is -0.0950. The molecule has 114 valence electrons. The summed E-state index contributed by atoms with van der Waals surface area (Å²) in [6, 6.07) is 14.3. The van der Waals surface area contributed by atoms with Gasteiger partial charge in [-0.1, -0.05) is 25.1 Å². The van der Waals surface area contributed by atoms with Crippen LogP contribution < -0.4 is 5.32 Å². The fraction of sp³-hybridized carbons (Fsp3) is 0.176. The molecule has 22 heavy (non-hydrogen) atoms. The van der Waals surface area contributed by atoms with Gasteiger partial charge in [-0.3, -0.25) is 9.59 Å². The van der Waals surface area contributed by atoms with E-state index in [0.717, 1.165) is 10.6 Å². The molecule has 4 nitrogen and oxygen atoms in total. The summed E-state index contributed by atoms with van der Waals surface area (Å²) < 4.78 is 0. The van der Waals surface area contributed by atoms with Gasteiger partial charge in [-0.15, -0.1) is 11.8 Å². The van der Waals surface area contributed by atoms with Crippen molar-refractivity contribution >= 4 is 29.3 Å². The Morgan fingerprint density at radius 3 is 2.50 bits per heavy atom.